The highest BCUT2D eigenvalue weighted by atomic mass is 16.3. The first-order valence-electron chi connectivity index (χ1n) is 8.59. The van der Waals surface area contributed by atoms with E-state index in [1.165, 1.54) is 5.56 Å². The molecule has 136 valence electrons. The minimum absolute atomic E-state index is 0.538. The van der Waals surface area contributed by atoms with Crippen molar-refractivity contribution in [1.29, 1.82) is 0 Å². The molecule has 0 radical (unpaired) electrons. The molecule has 0 atom stereocenters. The van der Waals surface area contributed by atoms with Crippen LogP contribution < -0.4 is 10.6 Å². The third-order valence-electron chi connectivity index (χ3n) is 3.91. The van der Waals surface area contributed by atoms with Crippen molar-refractivity contribution in [2.24, 2.45) is 4.99 Å². The first-order valence-corrected chi connectivity index (χ1v) is 8.59. The van der Waals surface area contributed by atoms with Crippen molar-refractivity contribution in [1.82, 2.24) is 25.4 Å². The Balaban J connectivity index is 1.48. The number of hydrogen-bond acceptors (Lipinski definition) is 4. The summed E-state index contributed by atoms with van der Waals surface area (Å²) < 4.78 is 7.48. The van der Waals surface area contributed by atoms with Gasteiger partial charge in [0, 0.05) is 25.4 Å². The molecule has 0 spiro atoms. The van der Waals surface area contributed by atoms with E-state index in [0.717, 1.165) is 29.9 Å². The molecule has 1 aromatic carbocycles. The van der Waals surface area contributed by atoms with Crippen molar-refractivity contribution in [2.45, 2.75) is 26.9 Å². The van der Waals surface area contributed by atoms with Gasteiger partial charge in [0.05, 0.1) is 25.0 Å². The molecule has 0 aliphatic heterocycles. The van der Waals surface area contributed by atoms with Crippen molar-refractivity contribution in [3.05, 3.63) is 59.7 Å². The van der Waals surface area contributed by atoms with Gasteiger partial charge in [-0.05, 0) is 31.5 Å². The Bertz CT molecular complexity index is 862. The van der Waals surface area contributed by atoms with Crippen molar-refractivity contribution >= 4 is 5.96 Å². The fourth-order valence-electron chi connectivity index (χ4n) is 2.49. The molecule has 3 aromatic rings. The number of aromatic nitrogens is 3. The second kappa shape index (κ2) is 8.33. The van der Waals surface area contributed by atoms with E-state index < -0.39 is 0 Å². The Labute approximate surface area is 153 Å². The molecule has 26 heavy (non-hydrogen) atoms. The summed E-state index contributed by atoms with van der Waals surface area (Å²) in [5.74, 6) is 1.34. The molecule has 0 fully saturated rings. The molecule has 2 aromatic heterocycles. The Morgan fingerprint density at radius 1 is 1.15 bits per heavy atom. The molecular formula is C19H24N6O. The third kappa shape index (κ3) is 4.72. The summed E-state index contributed by atoms with van der Waals surface area (Å²) in [5.41, 5.74) is 4.16. The third-order valence-corrected chi connectivity index (χ3v) is 3.91. The highest BCUT2D eigenvalue weighted by molar-refractivity contribution is 5.79. The number of hydrogen-bond donors (Lipinski definition) is 2. The Morgan fingerprint density at radius 3 is 2.65 bits per heavy atom. The van der Waals surface area contributed by atoms with E-state index in [9.17, 15) is 0 Å². The maximum absolute atomic E-state index is 5.57. The van der Waals surface area contributed by atoms with Crippen LogP contribution in [-0.2, 0) is 13.1 Å². The summed E-state index contributed by atoms with van der Waals surface area (Å²) in [6.45, 7) is 6.13. The lowest BCUT2D eigenvalue weighted by atomic mass is 10.1. The van der Waals surface area contributed by atoms with Gasteiger partial charge in [-0.15, -0.1) is 0 Å². The summed E-state index contributed by atoms with van der Waals surface area (Å²) in [4.78, 5) is 8.74. The molecule has 0 aliphatic rings. The summed E-state index contributed by atoms with van der Waals surface area (Å²) in [6.07, 6.45) is 5.53. The van der Waals surface area contributed by atoms with Crippen LogP contribution in [0.4, 0.5) is 0 Å². The zero-order valence-corrected chi connectivity index (χ0v) is 15.4. The van der Waals surface area contributed by atoms with Gasteiger partial charge in [-0.25, -0.2) is 4.98 Å². The number of benzene rings is 1. The van der Waals surface area contributed by atoms with Gasteiger partial charge in [-0.1, -0.05) is 17.7 Å². The van der Waals surface area contributed by atoms with Crippen LogP contribution >= 0.6 is 0 Å². The average Bonchev–Trinajstić information content (AvgIpc) is 3.28. The average molecular weight is 352 g/mol. The molecule has 0 saturated carbocycles. The minimum atomic E-state index is 0.538. The summed E-state index contributed by atoms with van der Waals surface area (Å²) in [6, 6.07) is 8.11. The number of aliphatic imine (C=N–C) groups is 1. The van der Waals surface area contributed by atoms with Crippen LogP contribution in [0.2, 0.25) is 0 Å². The van der Waals surface area contributed by atoms with E-state index in [4.69, 9.17) is 4.42 Å². The van der Waals surface area contributed by atoms with Gasteiger partial charge in [0.25, 0.3) is 0 Å². The Kier molecular flexibility index (Phi) is 5.68. The molecule has 0 bridgehead atoms. The lowest BCUT2D eigenvalue weighted by molar-refractivity contribution is 0.571. The largest absolute Gasteiger partial charge is 0.444 e. The molecule has 0 aliphatic carbocycles. The second-order valence-electron chi connectivity index (χ2n) is 6.14. The van der Waals surface area contributed by atoms with Gasteiger partial charge in [0.2, 0.25) is 5.89 Å². The van der Waals surface area contributed by atoms with Crippen LogP contribution in [0, 0.1) is 13.8 Å². The maximum atomic E-state index is 5.57. The van der Waals surface area contributed by atoms with Crippen LogP contribution in [0.3, 0.4) is 0 Å². The lowest BCUT2D eigenvalue weighted by Gasteiger charge is -2.10. The normalized spacial score (nSPS) is 11.6. The smallest absolute Gasteiger partial charge is 0.226 e. The number of oxazole rings is 1. The maximum Gasteiger partial charge on any atom is 0.226 e. The van der Waals surface area contributed by atoms with Gasteiger partial charge < -0.3 is 15.1 Å². The van der Waals surface area contributed by atoms with Crippen molar-refractivity contribution in [2.75, 3.05) is 13.6 Å². The van der Waals surface area contributed by atoms with Gasteiger partial charge in [0.1, 0.15) is 6.26 Å². The Morgan fingerprint density at radius 2 is 1.96 bits per heavy atom. The van der Waals surface area contributed by atoms with E-state index in [-0.39, 0.29) is 0 Å². The molecule has 0 saturated heterocycles. The van der Waals surface area contributed by atoms with Crippen LogP contribution in [0.15, 0.2) is 52.3 Å². The van der Waals surface area contributed by atoms with Gasteiger partial charge in [-0.2, -0.15) is 5.10 Å². The lowest BCUT2D eigenvalue weighted by Crippen LogP contribution is -2.38. The van der Waals surface area contributed by atoms with Gasteiger partial charge in [0.15, 0.2) is 5.96 Å². The molecule has 3 rings (SSSR count). The monoisotopic (exact) mass is 352 g/mol. The SMILES string of the molecule is CN=C(NCCn1cc(C)cn1)NCc1coc(-c2ccc(C)cc2)n1. The first-order chi connectivity index (χ1) is 12.6. The van der Waals surface area contributed by atoms with Gasteiger partial charge >= 0.3 is 0 Å². The zero-order chi connectivity index (χ0) is 18.4. The molecule has 0 unspecified atom stereocenters. The fourth-order valence-corrected chi connectivity index (χ4v) is 2.49. The van der Waals surface area contributed by atoms with E-state index in [1.54, 1.807) is 13.3 Å². The van der Waals surface area contributed by atoms with E-state index in [2.05, 4.69) is 32.6 Å². The predicted octanol–water partition coefficient (Wildman–Crippen LogP) is 2.52. The highest BCUT2D eigenvalue weighted by Gasteiger charge is 2.07. The number of aryl methyl sites for hydroxylation is 2. The number of guanidine groups is 1. The van der Waals surface area contributed by atoms with Crippen LogP contribution in [-0.4, -0.2) is 34.3 Å². The summed E-state index contributed by atoms with van der Waals surface area (Å²) >= 11 is 0. The predicted molar refractivity (Wildman–Crippen MR) is 102 cm³/mol. The molecule has 2 N–H and O–H groups in total. The standard InChI is InChI=1S/C19H24N6O/c1-14-4-6-16(7-5-14)18-24-17(13-26-18)11-22-19(20-3)21-8-9-25-12-15(2)10-23-25/h4-7,10,12-13H,8-9,11H2,1-3H3,(H2,20,21,22). The van der Waals surface area contributed by atoms with Crippen LogP contribution in [0.25, 0.3) is 11.5 Å². The first kappa shape index (κ1) is 17.7. The number of nitrogens with zero attached hydrogens (tertiary/aromatic N) is 4. The molecule has 7 heteroatoms. The topological polar surface area (TPSA) is 80.3 Å². The van der Waals surface area contributed by atoms with E-state index >= 15 is 0 Å². The molecule has 0 amide bonds. The number of rotatable bonds is 6. The van der Waals surface area contributed by atoms with E-state index in [1.807, 2.05) is 48.3 Å². The quantitative estimate of drug-likeness (QED) is 0.526. The van der Waals surface area contributed by atoms with Crippen molar-refractivity contribution in [3.63, 3.8) is 0 Å². The second-order valence-corrected chi connectivity index (χ2v) is 6.14. The summed E-state index contributed by atoms with van der Waals surface area (Å²) in [5, 5.41) is 10.8. The zero-order valence-electron chi connectivity index (χ0n) is 15.4. The molecule has 7 nitrogen and oxygen atoms in total. The number of nitrogens with one attached hydrogen (secondary N) is 2. The Hall–Kier alpha value is -3.09. The summed E-state index contributed by atoms with van der Waals surface area (Å²) in [7, 11) is 1.74. The molecular weight excluding hydrogens is 328 g/mol. The fraction of sp³-hybridized carbons (Fsp3) is 0.316. The highest BCUT2D eigenvalue weighted by Crippen LogP contribution is 2.18. The van der Waals surface area contributed by atoms with Crippen LogP contribution in [0.1, 0.15) is 16.8 Å². The van der Waals surface area contributed by atoms with Gasteiger partial charge in [-0.3, -0.25) is 9.67 Å². The minimum Gasteiger partial charge on any atom is -0.444 e. The van der Waals surface area contributed by atoms with Crippen molar-refractivity contribution in [3.8, 4) is 11.5 Å². The molecule has 2 heterocycles. The van der Waals surface area contributed by atoms with Crippen molar-refractivity contribution < 1.29 is 4.42 Å². The van der Waals surface area contributed by atoms with E-state index in [0.29, 0.717) is 18.4 Å². The van der Waals surface area contributed by atoms with Crippen LogP contribution in [0.5, 0.6) is 0 Å².